The third kappa shape index (κ3) is 4.35. The van der Waals surface area contributed by atoms with Crippen molar-refractivity contribution in [2.24, 2.45) is 0 Å². The molecule has 2 aromatic carbocycles. The van der Waals surface area contributed by atoms with Gasteiger partial charge in [-0.05, 0) is 49.1 Å². The summed E-state index contributed by atoms with van der Waals surface area (Å²) in [6.07, 6.45) is 3.15. The Morgan fingerprint density at radius 3 is 2.44 bits per heavy atom. The van der Waals surface area contributed by atoms with Gasteiger partial charge in [0.15, 0.2) is 11.6 Å². The second kappa shape index (κ2) is 7.34. The Kier molecular flexibility index (Phi) is 4.97. The lowest BCUT2D eigenvalue weighted by Gasteiger charge is -2.26. The first-order valence-electron chi connectivity index (χ1n) is 8.09. The number of carboxylic acids is 1. The lowest BCUT2D eigenvalue weighted by Crippen LogP contribution is -2.25. The maximum atomic E-state index is 14.0. The second-order valence-corrected chi connectivity index (χ2v) is 6.04. The van der Waals surface area contributed by atoms with Crippen molar-refractivity contribution >= 4 is 17.6 Å². The van der Waals surface area contributed by atoms with E-state index in [1.165, 1.54) is 24.3 Å². The molecule has 1 saturated carbocycles. The van der Waals surface area contributed by atoms with Crippen molar-refractivity contribution in [2.75, 3.05) is 5.32 Å². The molecule has 0 aromatic heterocycles. The Labute approximate surface area is 144 Å². The third-order valence-corrected chi connectivity index (χ3v) is 4.13. The van der Waals surface area contributed by atoms with Crippen LogP contribution in [0.4, 0.5) is 10.1 Å². The van der Waals surface area contributed by atoms with Crippen LogP contribution in [0.5, 0.6) is 5.75 Å². The second-order valence-electron chi connectivity index (χ2n) is 6.04. The fourth-order valence-corrected chi connectivity index (χ4v) is 2.50. The molecule has 6 heteroatoms. The van der Waals surface area contributed by atoms with Gasteiger partial charge in [0, 0.05) is 11.8 Å². The molecule has 0 aliphatic heterocycles. The number of rotatable bonds is 6. The number of ether oxygens (including phenoxy) is 1. The molecule has 130 valence electrons. The summed E-state index contributed by atoms with van der Waals surface area (Å²) >= 11 is 0. The van der Waals surface area contributed by atoms with Gasteiger partial charge in [0.05, 0.1) is 18.1 Å². The summed E-state index contributed by atoms with van der Waals surface area (Å²) in [5.74, 6) is -1.63. The highest BCUT2D eigenvalue weighted by atomic mass is 19.1. The number of hydrogen-bond acceptors (Lipinski definition) is 3. The molecule has 1 aliphatic rings. The molecule has 0 radical (unpaired) electrons. The van der Waals surface area contributed by atoms with E-state index >= 15 is 0 Å². The molecular weight excluding hydrogens is 325 g/mol. The van der Waals surface area contributed by atoms with E-state index in [9.17, 15) is 14.0 Å². The summed E-state index contributed by atoms with van der Waals surface area (Å²) in [7, 11) is 0. The molecule has 25 heavy (non-hydrogen) atoms. The molecule has 0 unspecified atom stereocenters. The van der Waals surface area contributed by atoms with Crippen molar-refractivity contribution in [2.45, 2.75) is 31.8 Å². The largest absolute Gasteiger partial charge is 0.487 e. The van der Waals surface area contributed by atoms with E-state index in [4.69, 9.17) is 9.84 Å². The Morgan fingerprint density at radius 1 is 1.16 bits per heavy atom. The maximum Gasteiger partial charge on any atom is 0.335 e. The zero-order chi connectivity index (χ0) is 17.8. The van der Waals surface area contributed by atoms with Gasteiger partial charge >= 0.3 is 5.97 Å². The highest BCUT2D eigenvalue weighted by Crippen LogP contribution is 2.28. The lowest BCUT2D eigenvalue weighted by molar-refractivity contribution is -0.115. The molecule has 3 rings (SSSR count). The minimum absolute atomic E-state index is 0.0713. The highest BCUT2D eigenvalue weighted by molar-refractivity contribution is 5.92. The van der Waals surface area contributed by atoms with Crippen LogP contribution < -0.4 is 10.1 Å². The van der Waals surface area contributed by atoms with Gasteiger partial charge in [0.2, 0.25) is 5.91 Å². The predicted octanol–water partition coefficient (Wildman–Crippen LogP) is 3.64. The first-order valence-corrected chi connectivity index (χ1v) is 8.09. The van der Waals surface area contributed by atoms with E-state index in [0.717, 1.165) is 19.3 Å². The molecule has 0 saturated heterocycles. The van der Waals surface area contributed by atoms with E-state index in [1.807, 2.05) is 0 Å². The summed E-state index contributed by atoms with van der Waals surface area (Å²) in [6.45, 7) is 0. The number of carbonyl (C=O) groups excluding carboxylic acids is 1. The Bertz CT molecular complexity index is 785. The van der Waals surface area contributed by atoms with Crippen LogP contribution in [0.3, 0.4) is 0 Å². The first-order chi connectivity index (χ1) is 12.0. The first kappa shape index (κ1) is 17.0. The molecule has 0 bridgehead atoms. The van der Waals surface area contributed by atoms with E-state index in [2.05, 4.69) is 5.32 Å². The van der Waals surface area contributed by atoms with Crippen LogP contribution in [0.1, 0.15) is 35.2 Å². The number of anilines is 1. The lowest BCUT2D eigenvalue weighted by atomic mass is 9.96. The van der Waals surface area contributed by atoms with Crippen LogP contribution in [0, 0.1) is 5.82 Å². The van der Waals surface area contributed by atoms with Gasteiger partial charge in [-0.15, -0.1) is 0 Å². The summed E-state index contributed by atoms with van der Waals surface area (Å²) in [5.41, 5.74) is 1.19. The topological polar surface area (TPSA) is 75.6 Å². The summed E-state index contributed by atoms with van der Waals surface area (Å²) in [4.78, 5) is 22.8. The number of benzene rings is 2. The summed E-state index contributed by atoms with van der Waals surface area (Å²) < 4.78 is 19.6. The average Bonchev–Trinajstić information content (AvgIpc) is 2.53. The predicted molar refractivity (Wildman–Crippen MR) is 90.4 cm³/mol. The van der Waals surface area contributed by atoms with E-state index in [1.54, 1.807) is 18.2 Å². The smallest absolute Gasteiger partial charge is 0.335 e. The van der Waals surface area contributed by atoms with Crippen LogP contribution in [0.25, 0.3) is 0 Å². The molecule has 0 heterocycles. The normalized spacial score (nSPS) is 13.8. The molecule has 5 nitrogen and oxygen atoms in total. The Hall–Kier alpha value is -2.89. The zero-order valence-electron chi connectivity index (χ0n) is 13.5. The number of carboxylic acid groups (broad SMARTS) is 1. The zero-order valence-corrected chi connectivity index (χ0v) is 13.5. The quantitative estimate of drug-likeness (QED) is 0.840. The molecule has 2 N–H and O–H groups in total. The van der Waals surface area contributed by atoms with Gasteiger partial charge in [-0.1, -0.05) is 12.1 Å². The van der Waals surface area contributed by atoms with Crippen LogP contribution in [-0.2, 0) is 11.2 Å². The average molecular weight is 343 g/mol. The summed E-state index contributed by atoms with van der Waals surface area (Å²) in [5, 5.41) is 11.5. The van der Waals surface area contributed by atoms with Crippen LogP contribution >= 0.6 is 0 Å². The molecule has 1 aliphatic carbocycles. The van der Waals surface area contributed by atoms with Crippen molar-refractivity contribution in [1.29, 1.82) is 0 Å². The Morgan fingerprint density at radius 2 is 1.88 bits per heavy atom. The van der Waals surface area contributed by atoms with Crippen LogP contribution in [0.2, 0.25) is 0 Å². The minimum atomic E-state index is -1.02. The van der Waals surface area contributed by atoms with Gasteiger partial charge in [-0.3, -0.25) is 4.79 Å². The fraction of sp³-hybridized carbons (Fsp3) is 0.263. The highest BCUT2D eigenvalue weighted by Gasteiger charge is 2.20. The molecule has 0 atom stereocenters. The minimum Gasteiger partial charge on any atom is -0.487 e. The maximum absolute atomic E-state index is 14.0. The van der Waals surface area contributed by atoms with E-state index in [-0.39, 0.29) is 29.7 Å². The van der Waals surface area contributed by atoms with Crippen molar-refractivity contribution in [3.8, 4) is 5.75 Å². The van der Waals surface area contributed by atoms with Crippen molar-refractivity contribution in [3.63, 3.8) is 0 Å². The van der Waals surface area contributed by atoms with E-state index < -0.39 is 11.8 Å². The monoisotopic (exact) mass is 343 g/mol. The molecule has 1 fully saturated rings. The SMILES string of the molecule is O=C(Cc1ccc(C(=O)O)cc1)Nc1ccc(OC2CCC2)c(F)c1. The number of hydrogen-bond donors (Lipinski definition) is 2. The Balaban J connectivity index is 1.58. The number of amides is 1. The van der Waals surface area contributed by atoms with Gasteiger partial charge in [-0.2, -0.15) is 0 Å². The molecular formula is C19H18FNO4. The van der Waals surface area contributed by atoms with Crippen LogP contribution in [0.15, 0.2) is 42.5 Å². The van der Waals surface area contributed by atoms with Crippen molar-refractivity contribution in [3.05, 3.63) is 59.4 Å². The van der Waals surface area contributed by atoms with Gasteiger partial charge < -0.3 is 15.2 Å². The van der Waals surface area contributed by atoms with Gasteiger partial charge in [-0.25, -0.2) is 9.18 Å². The summed E-state index contributed by atoms with van der Waals surface area (Å²) in [6, 6.07) is 10.4. The van der Waals surface area contributed by atoms with E-state index in [0.29, 0.717) is 11.3 Å². The fourth-order valence-electron chi connectivity index (χ4n) is 2.50. The number of aromatic carboxylic acids is 1. The van der Waals surface area contributed by atoms with Gasteiger partial charge in [0.1, 0.15) is 0 Å². The standard InChI is InChI=1S/C19H18FNO4/c20-16-11-14(8-9-17(16)25-15-2-1-3-15)21-18(22)10-12-4-6-13(7-5-12)19(23)24/h4-9,11,15H,1-3,10H2,(H,21,22)(H,23,24). The number of nitrogens with one attached hydrogen (secondary N) is 1. The number of carbonyl (C=O) groups is 2. The van der Waals surface area contributed by atoms with Gasteiger partial charge in [0.25, 0.3) is 0 Å². The van der Waals surface area contributed by atoms with Crippen molar-refractivity contribution in [1.82, 2.24) is 0 Å². The van der Waals surface area contributed by atoms with Crippen LogP contribution in [-0.4, -0.2) is 23.1 Å². The number of halogens is 1. The molecule has 1 amide bonds. The molecule has 0 spiro atoms. The van der Waals surface area contributed by atoms with Crippen molar-refractivity contribution < 1.29 is 23.8 Å². The molecule has 2 aromatic rings. The third-order valence-electron chi connectivity index (χ3n) is 4.13.